The van der Waals surface area contributed by atoms with Gasteiger partial charge in [-0.3, -0.25) is 9.59 Å². The van der Waals surface area contributed by atoms with Gasteiger partial charge in [-0.25, -0.2) is 8.42 Å². The Morgan fingerprint density at radius 3 is 2.15 bits per heavy atom. The number of carbonyl (C=O) groups is 2. The summed E-state index contributed by atoms with van der Waals surface area (Å²) in [6.45, 7) is 4.73. The van der Waals surface area contributed by atoms with Gasteiger partial charge in [-0.15, -0.1) is 0 Å². The Labute approximate surface area is 161 Å². The third-order valence-corrected chi connectivity index (χ3v) is 6.39. The fraction of sp³-hybridized carbons (Fsp3) is 0.579. The van der Waals surface area contributed by atoms with Gasteiger partial charge in [0.15, 0.2) is 0 Å². The van der Waals surface area contributed by atoms with Gasteiger partial charge in [0.25, 0.3) is 5.91 Å². The topological polar surface area (TPSA) is 86.8 Å². The van der Waals surface area contributed by atoms with Crippen LogP contribution in [0.25, 0.3) is 0 Å². The first kappa shape index (κ1) is 21.4. The first-order valence-corrected chi connectivity index (χ1v) is 10.8. The first-order valence-electron chi connectivity index (χ1n) is 9.37. The van der Waals surface area contributed by atoms with Crippen LogP contribution in [0.4, 0.5) is 0 Å². The first-order chi connectivity index (χ1) is 12.7. The van der Waals surface area contributed by atoms with E-state index in [-0.39, 0.29) is 29.3 Å². The van der Waals surface area contributed by atoms with E-state index in [9.17, 15) is 18.0 Å². The van der Waals surface area contributed by atoms with Gasteiger partial charge in [0.2, 0.25) is 15.9 Å². The van der Waals surface area contributed by atoms with Crippen molar-refractivity contribution in [1.29, 1.82) is 0 Å². The highest BCUT2D eigenvalue weighted by Crippen LogP contribution is 2.21. The highest BCUT2D eigenvalue weighted by atomic mass is 32.2. The molecule has 1 aliphatic rings. The molecule has 1 saturated heterocycles. The van der Waals surface area contributed by atoms with Gasteiger partial charge in [0.1, 0.15) is 0 Å². The van der Waals surface area contributed by atoms with E-state index in [2.05, 4.69) is 5.32 Å². The summed E-state index contributed by atoms with van der Waals surface area (Å²) in [5.41, 5.74) is 0.352. The second kappa shape index (κ2) is 9.32. The van der Waals surface area contributed by atoms with E-state index in [1.165, 1.54) is 33.5 Å². The minimum absolute atomic E-state index is 0.00415. The van der Waals surface area contributed by atoms with Crippen LogP contribution in [-0.2, 0) is 14.8 Å². The summed E-state index contributed by atoms with van der Waals surface area (Å²) in [6, 6.07) is 5.95. The van der Waals surface area contributed by atoms with E-state index in [1.54, 1.807) is 7.05 Å². The number of nitrogens with one attached hydrogen (secondary N) is 1. The Hall–Kier alpha value is -1.93. The van der Waals surface area contributed by atoms with Crippen molar-refractivity contribution in [1.82, 2.24) is 14.5 Å². The van der Waals surface area contributed by atoms with Crippen molar-refractivity contribution in [3.63, 3.8) is 0 Å². The maximum Gasteiger partial charge on any atom is 0.254 e. The molecule has 0 bridgehead atoms. The molecule has 1 aromatic carbocycles. The molecule has 0 atom stereocenters. The van der Waals surface area contributed by atoms with Gasteiger partial charge in [-0.2, -0.15) is 4.31 Å². The number of hydrogen-bond acceptors (Lipinski definition) is 4. The van der Waals surface area contributed by atoms with E-state index in [0.29, 0.717) is 18.7 Å². The molecule has 1 aromatic rings. The summed E-state index contributed by atoms with van der Waals surface area (Å²) in [6.07, 6.45) is 3.85. The number of sulfonamides is 1. The molecule has 0 aromatic heterocycles. The van der Waals surface area contributed by atoms with E-state index < -0.39 is 10.0 Å². The van der Waals surface area contributed by atoms with Crippen LogP contribution in [0.5, 0.6) is 0 Å². The highest BCUT2D eigenvalue weighted by Gasteiger charge is 2.25. The van der Waals surface area contributed by atoms with Crippen molar-refractivity contribution < 1.29 is 18.0 Å². The lowest BCUT2D eigenvalue weighted by Crippen LogP contribution is -2.40. The molecular formula is C19H29N3O4S. The summed E-state index contributed by atoms with van der Waals surface area (Å²) in [4.78, 5) is 25.8. The predicted molar refractivity (Wildman–Crippen MR) is 104 cm³/mol. The number of likely N-dealkylation sites (N-methyl/N-ethyl adjacent to an activating group) is 1. The lowest BCUT2D eigenvalue weighted by atomic mass is 10.2. The smallest absolute Gasteiger partial charge is 0.254 e. The van der Waals surface area contributed by atoms with Crippen LogP contribution in [0.15, 0.2) is 29.2 Å². The highest BCUT2D eigenvalue weighted by molar-refractivity contribution is 7.89. The molecule has 1 N–H and O–H groups in total. The van der Waals surface area contributed by atoms with Crippen molar-refractivity contribution in [2.75, 3.05) is 26.7 Å². The molecule has 1 fully saturated rings. The molecule has 27 heavy (non-hydrogen) atoms. The molecule has 7 nitrogen and oxygen atoms in total. The number of carbonyl (C=O) groups excluding carboxylic acids is 2. The molecule has 8 heteroatoms. The van der Waals surface area contributed by atoms with E-state index in [4.69, 9.17) is 0 Å². The van der Waals surface area contributed by atoms with Crippen LogP contribution in [0.2, 0.25) is 0 Å². The summed E-state index contributed by atoms with van der Waals surface area (Å²) < 4.78 is 27.1. The number of rotatable bonds is 6. The van der Waals surface area contributed by atoms with Gasteiger partial charge in [-0.1, -0.05) is 12.8 Å². The fourth-order valence-electron chi connectivity index (χ4n) is 3.08. The van der Waals surface area contributed by atoms with Crippen LogP contribution >= 0.6 is 0 Å². The van der Waals surface area contributed by atoms with Gasteiger partial charge in [-0.05, 0) is 51.0 Å². The van der Waals surface area contributed by atoms with E-state index in [0.717, 1.165) is 25.7 Å². The maximum atomic E-state index is 12.8. The van der Waals surface area contributed by atoms with Crippen LogP contribution in [0, 0.1) is 0 Å². The minimum atomic E-state index is -3.54. The minimum Gasteiger partial charge on any atom is -0.352 e. The zero-order chi connectivity index (χ0) is 20.0. The quantitative estimate of drug-likeness (QED) is 0.796. The Balaban J connectivity index is 2.07. The van der Waals surface area contributed by atoms with Crippen molar-refractivity contribution in [2.45, 2.75) is 50.5 Å². The summed E-state index contributed by atoms with van der Waals surface area (Å²) in [5.74, 6) is -0.561. The molecular weight excluding hydrogens is 366 g/mol. The predicted octanol–water partition coefficient (Wildman–Crippen LogP) is 1.85. The van der Waals surface area contributed by atoms with Gasteiger partial charge in [0, 0.05) is 31.7 Å². The van der Waals surface area contributed by atoms with Gasteiger partial charge < -0.3 is 10.2 Å². The monoisotopic (exact) mass is 395 g/mol. The second-order valence-corrected chi connectivity index (χ2v) is 9.16. The summed E-state index contributed by atoms with van der Waals surface area (Å²) in [7, 11) is -1.99. The number of nitrogens with zero attached hydrogens (tertiary/aromatic N) is 2. The molecule has 0 saturated carbocycles. The summed E-state index contributed by atoms with van der Waals surface area (Å²) >= 11 is 0. The Morgan fingerprint density at radius 1 is 1.07 bits per heavy atom. The second-order valence-electron chi connectivity index (χ2n) is 7.23. The molecule has 0 aliphatic carbocycles. The third kappa shape index (κ3) is 5.77. The van der Waals surface area contributed by atoms with Crippen molar-refractivity contribution in [3.8, 4) is 0 Å². The largest absolute Gasteiger partial charge is 0.352 e. The molecule has 150 valence electrons. The van der Waals surface area contributed by atoms with Crippen LogP contribution in [0.3, 0.4) is 0 Å². The molecule has 0 spiro atoms. The normalized spacial score (nSPS) is 16.0. The Bertz CT molecular complexity index is 752. The van der Waals surface area contributed by atoms with Crippen LogP contribution in [0.1, 0.15) is 49.9 Å². The van der Waals surface area contributed by atoms with Crippen LogP contribution < -0.4 is 5.32 Å². The molecule has 2 amide bonds. The van der Waals surface area contributed by atoms with E-state index in [1.807, 2.05) is 13.8 Å². The molecule has 0 unspecified atom stereocenters. The Kier molecular flexibility index (Phi) is 7.38. The average Bonchev–Trinajstić information content (AvgIpc) is 2.90. The molecule has 1 aliphatic heterocycles. The van der Waals surface area contributed by atoms with Crippen molar-refractivity contribution in [3.05, 3.63) is 29.8 Å². The zero-order valence-corrected chi connectivity index (χ0v) is 17.1. The van der Waals surface area contributed by atoms with Crippen LogP contribution in [-0.4, -0.2) is 62.2 Å². The number of benzene rings is 1. The van der Waals surface area contributed by atoms with Crippen molar-refractivity contribution >= 4 is 21.8 Å². The Morgan fingerprint density at radius 2 is 1.63 bits per heavy atom. The van der Waals surface area contributed by atoms with E-state index >= 15 is 0 Å². The van der Waals surface area contributed by atoms with Crippen molar-refractivity contribution in [2.24, 2.45) is 0 Å². The summed E-state index contributed by atoms with van der Waals surface area (Å²) in [5, 5.41) is 2.73. The van der Waals surface area contributed by atoms with Gasteiger partial charge in [0.05, 0.1) is 11.4 Å². The fourth-order valence-corrected chi connectivity index (χ4v) is 4.59. The molecule has 2 rings (SSSR count). The number of amides is 2. The maximum absolute atomic E-state index is 12.8. The lowest BCUT2D eigenvalue weighted by molar-refractivity contribution is -0.122. The lowest BCUT2D eigenvalue weighted by Gasteiger charge is -2.20. The number of hydrogen-bond donors (Lipinski definition) is 1. The zero-order valence-electron chi connectivity index (χ0n) is 16.3. The molecule has 1 heterocycles. The molecule has 0 radical (unpaired) electrons. The third-order valence-electron chi connectivity index (χ3n) is 4.48. The average molecular weight is 396 g/mol. The SMILES string of the molecule is CC(C)NC(=O)CN(C)C(=O)c1ccc(S(=O)(=O)N2CCCCCC2)cc1. The van der Waals surface area contributed by atoms with Gasteiger partial charge >= 0.3 is 0 Å². The standard InChI is InChI=1S/C19H29N3O4S/c1-15(2)20-18(23)14-21(3)19(24)16-8-10-17(11-9-16)27(25,26)22-12-6-4-5-7-13-22/h8-11,15H,4-7,12-14H2,1-3H3,(H,20,23).